The lowest BCUT2D eigenvalue weighted by Gasteiger charge is -2.11. The monoisotopic (exact) mass is 154 g/mol. The summed E-state index contributed by atoms with van der Waals surface area (Å²) in [5, 5.41) is 0. The summed E-state index contributed by atoms with van der Waals surface area (Å²) in [7, 11) is 0. The zero-order valence-corrected chi connectivity index (χ0v) is 7.55. The van der Waals surface area contributed by atoms with Gasteiger partial charge in [0.05, 0.1) is 0 Å². The predicted molar refractivity (Wildman–Crippen MR) is 46.4 cm³/mol. The summed E-state index contributed by atoms with van der Waals surface area (Å²) in [5.41, 5.74) is 0. The molecule has 1 saturated carbocycles. The fraction of sp³-hybridized carbons (Fsp3) is 0.900. The van der Waals surface area contributed by atoms with Crippen molar-refractivity contribution in [1.82, 2.24) is 0 Å². The third-order valence-corrected chi connectivity index (χ3v) is 2.30. The Labute approximate surface area is 69.2 Å². The van der Waals surface area contributed by atoms with Crippen LogP contribution in [-0.2, 0) is 4.79 Å². The molecule has 1 nitrogen and oxygen atoms in total. The molecular formula is C10H18O. The van der Waals surface area contributed by atoms with Crippen molar-refractivity contribution in [1.29, 1.82) is 0 Å². The van der Waals surface area contributed by atoms with Crippen molar-refractivity contribution < 1.29 is 4.79 Å². The number of carbonyl (C=O) groups is 1. The standard InChI is InChI=1S/C10H18O/c1-8(2)5-10(7-11)6-9-3-4-9/h7-10H,3-6H2,1-2H3. The van der Waals surface area contributed by atoms with E-state index >= 15 is 0 Å². The van der Waals surface area contributed by atoms with Gasteiger partial charge in [-0.15, -0.1) is 0 Å². The van der Waals surface area contributed by atoms with Crippen LogP contribution < -0.4 is 0 Å². The molecule has 1 unspecified atom stereocenters. The minimum Gasteiger partial charge on any atom is -0.303 e. The Morgan fingerprint density at radius 3 is 2.45 bits per heavy atom. The zero-order chi connectivity index (χ0) is 8.27. The van der Waals surface area contributed by atoms with Crippen molar-refractivity contribution in [2.75, 3.05) is 0 Å². The van der Waals surface area contributed by atoms with E-state index < -0.39 is 0 Å². The van der Waals surface area contributed by atoms with Gasteiger partial charge in [-0.05, 0) is 24.7 Å². The van der Waals surface area contributed by atoms with E-state index in [0.717, 1.165) is 25.0 Å². The Bertz CT molecular complexity index is 121. The summed E-state index contributed by atoms with van der Waals surface area (Å²) in [4.78, 5) is 10.6. The van der Waals surface area contributed by atoms with E-state index in [1.165, 1.54) is 12.8 Å². The summed E-state index contributed by atoms with van der Waals surface area (Å²) >= 11 is 0. The number of hydrogen-bond acceptors (Lipinski definition) is 1. The number of carbonyl (C=O) groups excluding carboxylic acids is 1. The van der Waals surface area contributed by atoms with Crippen molar-refractivity contribution in [3.63, 3.8) is 0 Å². The molecule has 64 valence electrons. The molecule has 0 aromatic heterocycles. The van der Waals surface area contributed by atoms with E-state index in [9.17, 15) is 4.79 Å². The minimum absolute atomic E-state index is 0.350. The predicted octanol–water partition coefficient (Wildman–Crippen LogP) is 2.65. The Balaban J connectivity index is 2.17. The van der Waals surface area contributed by atoms with Crippen LogP contribution in [0.15, 0.2) is 0 Å². The molecule has 0 saturated heterocycles. The maximum absolute atomic E-state index is 10.6. The first-order valence-electron chi connectivity index (χ1n) is 4.67. The van der Waals surface area contributed by atoms with Gasteiger partial charge >= 0.3 is 0 Å². The Kier molecular flexibility index (Phi) is 3.10. The topological polar surface area (TPSA) is 17.1 Å². The molecule has 1 heteroatoms. The molecule has 0 amide bonds. The lowest BCUT2D eigenvalue weighted by molar-refractivity contribution is -0.111. The molecule has 0 N–H and O–H groups in total. The molecule has 0 heterocycles. The zero-order valence-electron chi connectivity index (χ0n) is 7.55. The van der Waals surface area contributed by atoms with Gasteiger partial charge in [0.1, 0.15) is 6.29 Å². The molecule has 0 aliphatic heterocycles. The highest BCUT2D eigenvalue weighted by Gasteiger charge is 2.25. The summed E-state index contributed by atoms with van der Waals surface area (Å²) in [6.45, 7) is 4.37. The lowest BCUT2D eigenvalue weighted by atomic mass is 9.94. The highest BCUT2D eigenvalue weighted by molar-refractivity contribution is 5.53. The van der Waals surface area contributed by atoms with Crippen molar-refractivity contribution in [3.8, 4) is 0 Å². The first-order valence-corrected chi connectivity index (χ1v) is 4.67. The quantitative estimate of drug-likeness (QED) is 0.556. The average Bonchev–Trinajstić information content (AvgIpc) is 2.69. The number of hydrogen-bond donors (Lipinski definition) is 0. The number of rotatable bonds is 5. The van der Waals surface area contributed by atoms with Gasteiger partial charge in [0.25, 0.3) is 0 Å². The molecule has 1 aliphatic carbocycles. The van der Waals surface area contributed by atoms with Crippen LogP contribution in [0.5, 0.6) is 0 Å². The lowest BCUT2D eigenvalue weighted by Crippen LogP contribution is -2.06. The maximum atomic E-state index is 10.6. The van der Waals surface area contributed by atoms with E-state index in [1.54, 1.807) is 0 Å². The van der Waals surface area contributed by atoms with E-state index in [-0.39, 0.29) is 0 Å². The van der Waals surface area contributed by atoms with Crippen LogP contribution in [0.1, 0.15) is 39.5 Å². The van der Waals surface area contributed by atoms with Crippen LogP contribution >= 0.6 is 0 Å². The largest absolute Gasteiger partial charge is 0.303 e. The normalized spacial score (nSPS) is 20.3. The molecule has 0 bridgehead atoms. The fourth-order valence-electron chi connectivity index (χ4n) is 1.59. The maximum Gasteiger partial charge on any atom is 0.123 e. The van der Waals surface area contributed by atoms with Crippen molar-refractivity contribution in [3.05, 3.63) is 0 Å². The molecule has 11 heavy (non-hydrogen) atoms. The van der Waals surface area contributed by atoms with Crippen molar-refractivity contribution in [2.24, 2.45) is 17.8 Å². The molecule has 0 aromatic rings. The molecular weight excluding hydrogens is 136 g/mol. The van der Waals surface area contributed by atoms with Crippen LogP contribution in [-0.4, -0.2) is 6.29 Å². The van der Waals surface area contributed by atoms with Gasteiger partial charge < -0.3 is 4.79 Å². The second kappa shape index (κ2) is 3.89. The van der Waals surface area contributed by atoms with Gasteiger partial charge in [0.15, 0.2) is 0 Å². The summed E-state index contributed by atoms with van der Waals surface area (Å²) < 4.78 is 0. The van der Waals surface area contributed by atoms with Gasteiger partial charge in [0, 0.05) is 5.92 Å². The number of aldehydes is 1. The summed E-state index contributed by atoms with van der Waals surface area (Å²) in [5.74, 6) is 1.91. The van der Waals surface area contributed by atoms with E-state index in [4.69, 9.17) is 0 Å². The van der Waals surface area contributed by atoms with Crippen LogP contribution in [0.25, 0.3) is 0 Å². The third kappa shape index (κ3) is 3.54. The van der Waals surface area contributed by atoms with Gasteiger partial charge in [0.2, 0.25) is 0 Å². The molecule has 1 fully saturated rings. The van der Waals surface area contributed by atoms with Gasteiger partial charge in [-0.25, -0.2) is 0 Å². The molecule has 0 aromatic carbocycles. The van der Waals surface area contributed by atoms with E-state index in [1.807, 2.05) is 0 Å². The SMILES string of the molecule is CC(C)CC(C=O)CC1CC1. The van der Waals surface area contributed by atoms with Crippen LogP contribution in [0, 0.1) is 17.8 Å². The Morgan fingerprint density at radius 2 is 2.09 bits per heavy atom. The molecule has 1 rings (SSSR count). The Hall–Kier alpha value is -0.330. The molecule has 0 spiro atoms. The highest BCUT2D eigenvalue weighted by Crippen LogP contribution is 2.36. The van der Waals surface area contributed by atoms with E-state index in [0.29, 0.717) is 11.8 Å². The Morgan fingerprint density at radius 1 is 1.45 bits per heavy atom. The highest BCUT2D eigenvalue weighted by atomic mass is 16.1. The second-order valence-electron chi connectivity index (χ2n) is 4.20. The van der Waals surface area contributed by atoms with Crippen LogP contribution in [0.3, 0.4) is 0 Å². The first-order chi connectivity index (χ1) is 5.22. The van der Waals surface area contributed by atoms with Gasteiger partial charge in [-0.1, -0.05) is 26.7 Å². The molecule has 1 atom stereocenters. The van der Waals surface area contributed by atoms with Crippen molar-refractivity contribution >= 4 is 6.29 Å². The third-order valence-electron chi connectivity index (χ3n) is 2.30. The van der Waals surface area contributed by atoms with Crippen molar-refractivity contribution in [2.45, 2.75) is 39.5 Å². The summed E-state index contributed by atoms with van der Waals surface area (Å²) in [6.07, 6.45) is 6.12. The fourth-order valence-corrected chi connectivity index (χ4v) is 1.59. The summed E-state index contributed by atoms with van der Waals surface area (Å²) in [6, 6.07) is 0. The minimum atomic E-state index is 0.350. The first kappa shape index (κ1) is 8.76. The second-order valence-corrected chi connectivity index (χ2v) is 4.20. The average molecular weight is 154 g/mol. The van der Waals surface area contributed by atoms with E-state index in [2.05, 4.69) is 13.8 Å². The van der Waals surface area contributed by atoms with Gasteiger partial charge in [-0.3, -0.25) is 0 Å². The molecule has 1 aliphatic rings. The smallest absolute Gasteiger partial charge is 0.123 e. The van der Waals surface area contributed by atoms with Crippen LogP contribution in [0.4, 0.5) is 0 Å². The van der Waals surface area contributed by atoms with Gasteiger partial charge in [-0.2, -0.15) is 0 Å². The molecule has 0 radical (unpaired) electrons. The van der Waals surface area contributed by atoms with Crippen LogP contribution in [0.2, 0.25) is 0 Å².